The quantitative estimate of drug-likeness (QED) is 0.162. The molecule has 5 heteroatoms. The summed E-state index contributed by atoms with van der Waals surface area (Å²) in [4.78, 5) is 9.89. The van der Waals surface area contributed by atoms with Crippen LogP contribution in [0.4, 0.5) is 0 Å². The second-order valence-corrected chi connectivity index (χ2v) is 20.3. The molecule has 0 aliphatic heterocycles. The van der Waals surface area contributed by atoms with Crippen LogP contribution in [0.1, 0.15) is 161 Å². The van der Waals surface area contributed by atoms with Gasteiger partial charge in [-0.15, -0.1) is 29.3 Å². The molecule has 8 rings (SSSR count). The van der Waals surface area contributed by atoms with Gasteiger partial charge in [-0.05, 0) is 97.1 Å². The van der Waals surface area contributed by atoms with Gasteiger partial charge in [0.2, 0.25) is 0 Å². The van der Waals surface area contributed by atoms with Gasteiger partial charge in [0.1, 0.15) is 11.6 Å². The summed E-state index contributed by atoms with van der Waals surface area (Å²) >= 11 is 0. The smallest absolute Gasteiger partial charge is 0.148 e. The molecule has 0 aliphatic carbocycles. The van der Waals surface area contributed by atoms with Gasteiger partial charge in [-0.1, -0.05) is 199 Å². The summed E-state index contributed by atoms with van der Waals surface area (Å²) in [6.07, 6.45) is -0.0189. The van der Waals surface area contributed by atoms with Gasteiger partial charge in [-0.25, -0.2) is 4.98 Å². The number of imidazole rings is 1. The zero-order valence-corrected chi connectivity index (χ0v) is 41.9. The van der Waals surface area contributed by atoms with Crippen LogP contribution in [0, 0.1) is 11.5 Å². The number of rotatable bonds is 7. The summed E-state index contributed by atoms with van der Waals surface area (Å²) < 4.78 is 198. The second-order valence-electron chi connectivity index (χ2n) is 20.3. The van der Waals surface area contributed by atoms with Gasteiger partial charge in [0, 0.05) is 71.5 Å². The third-order valence-electron chi connectivity index (χ3n) is 11.6. The Morgan fingerprint density at radius 3 is 1.93 bits per heavy atom. The van der Waals surface area contributed by atoms with E-state index in [9.17, 15) is 7.85 Å². The molecule has 2 heterocycles. The predicted molar refractivity (Wildman–Crippen MR) is 285 cm³/mol. The molecule has 6 aromatic carbocycles. The first kappa shape index (κ1) is 28.8. The summed E-state index contributed by atoms with van der Waals surface area (Å²) in [6.45, 7) is -8.68. The van der Waals surface area contributed by atoms with E-state index in [0.717, 1.165) is 22.3 Å². The van der Waals surface area contributed by atoms with E-state index in [1.54, 1.807) is 79.0 Å². The molecule has 354 valence electrons. The van der Waals surface area contributed by atoms with Crippen LogP contribution in [0.2, 0.25) is 0 Å². The van der Waals surface area contributed by atoms with Crippen molar-refractivity contribution in [3.8, 4) is 67.5 Å². The van der Waals surface area contributed by atoms with Crippen LogP contribution in [0.25, 0.3) is 72.7 Å². The standard InChI is InChI=1S/C63H70N3O.Pt/c1-59(2,3)39-40-24-26-41(27-25-40)43-30-31-64-53(35-43)45-32-44(33-47(34-45)61(7,8)9)49-22-19-23-55-56(49)65-58(51-37-48(62(10,11)12)38-52(57(51)67)63(13,14)15)66(55)54-29-28-46(60(4,5)6)36-50(54)42-20-17-16-18-21-42;/h16-31,33-38,67H,39H2,1-15H3;/q-1;/i10D3,11D3,12D3,13D3,14D3,15D3,37D,38D,39D2;. The average molecular weight is 1100 g/mol. The number of para-hydroxylation sites is 1. The van der Waals surface area contributed by atoms with Crippen LogP contribution in [0.3, 0.4) is 0 Å². The van der Waals surface area contributed by atoms with Crippen molar-refractivity contribution >= 4 is 11.0 Å². The van der Waals surface area contributed by atoms with Gasteiger partial charge < -0.3 is 5.11 Å². The third-order valence-corrected chi connectivity index (χ3v) is 11.6. The topological polar surface area (TPSA) is 50.9 Å². The molecule has 0 aliphatic rings. The van der Waals surface area contributed by atoms with Crippen molar-refractivity contribution in [2.24, 2.45) is 5.41 Å². The maximum absolute atomic E-state index is 13.2. The van der Waals surface area contributed by atoms with Crippen molar-refractivity contribution in [1.29, 1.82) is 0 Å². The molecular formula is C63H70N3OPt-. The molecule has 0 radical (unpaired) electrons. The Kier molecular flexibility index (Phi) is 7.79. The summed E-state index contributed by atoms with van der Waals surface area (Å²) in [7, 11) is 0. The molecule has 0 atom stereocenters. The van der Waals surface area contributed by atoms with E-state index in [2.05, 4.69) is 6.07 Å². The number of nitrogens with zero attached hydrogens (tertiary/aromatic N) is 3. The number of aromatic hydroxyl groups is 1. The SMILES string of the molecule is [2H]c1c(-c2nc3c(-c4[c-]c(-c5cc(-c6ccc(C([2H])([2H])C(C)(C)C)cc6)ccn5)cc(C(C)(C)C)c4)cccc3n2-c2ccc(C(C)(C)C)cc2-c2ccccc2)c(O)c(C(C([2H])([2H])[2H])(C([2H])([2H])[2H])C([2H])([2H])[2H])c([2H])c1C(C([2H])([2H])[2H])(C([2H])([2H])[2H])C([2H])([2H])[2H].[Pt]. The van der Waals surface area contributed by atoms with Crippen LogP contribution in [0.5, 0.6) is 5.75 Å². The Morgan fingerprint density at radius 1 is 0.603 bits per heavy atom. The Hall–Kier alpha value is -5.57. The van der Waals surface area contributed by atoms with Crippen molar-refractivity contribution in [2.75, 3.05) is 0 Å². The molecular weight excluding hydrogens is 1010 g/mol. The monoisotopic (exact) mass is 1100 g/mol. The summed E-state index contributed by atoms with van der Waals surface area (Å²) in [5, 5.41) is 13.2. The molecule has 0 saturated heterocycles. The van der Waals surface area contributed by atoms with E-state index >= 15 is 0 Å². The first-order chi connectivity index (χ1) is 40.4. The van der Waals surface area contributed by atoms with E-state index in [-0.39, 0.29) is 43.3 Å². The molecule has 0 bridgehead atoms. The molecule has 0 fully saturated rings. The molecule has 0 saturated carbocycles. The average Bonchev–Trinajstić information content (AvgIpc) is 0.776. The number of aromatic nitrogens is 3. The fraction of sp³-hybridized carbons (Fsp3) is 0.333. The van der Waals surface area contributed by atoms with Crippen molar-refractivity contribution in [3.63, 3.8) is 0 Å². The maximum atomic E-state index is 13.2. The number of pyridine rings is 1. The zero-order chi connectivity index (χ0) is 67.0. The Balaban J connectivity index is 0.0000115. The molecule has 0 unspecified atom stereocenters. The third kappa shape index (κ3) is 10.5. The number of hydrogen-bond donors (Lipinski definition) is 1. The molecule has 2 aromatic heterocycles. The van der Waals surface area contributed by atoms with Crippen molar-refractivity contribution in [2.45, 2.75) is 131 Å². The Bertz CT molecular complexity index is 3850. The Morgan fingerprint density at radius 2 is 1.28 bits per heavy atom. The van der Waals surface area contributed by atoms with Crippen molar-refractivity contribution in [1.82, 2.24) is 14.5 Å². The van der Waals surface area contributed by atoms with Gasteiger partial charge in [0.15, 0.2) is 0 Å². The molecule has 1 N–H and O–H groups in total. The fourth-order valence-corrected chi connectivity index (χ4v) is 8.14. The van der Waals surface area contributed by atoms with E-state index in [1.165, 1.54) is 4.57 Å². The second kappa shape index (κ2) is 18.4. The fourth-order valence-electron chi connectivity index (χ4n) is 8.14. The van der Waals surface area contributed by atoms with Gasteiger partial charge in [-0.3, -0.25) is 9.55 Å². The summed E-state index contributed by atoms with van der Waals surface area (Å²) in [5.74, 6) is -2.40. The van der Waals surface area contributed by atoms with Crippen LogP contribution in [-0.4, -0.2) is 19.6 Å². The largest absolute Gasteiger partial charge is 0.507 e. The van der Waals surface area contributed by atoms with Crippen molar-refractivity contribution < 1.29 is 56.3 Å². The van der Waals surface area contributed by atoms with Crippen molar-refractivity contribution in [3.05, 3.63) is 167 Å². The number of hydrogen-bond acceptors (Lipinski definition) is 3. The first-order valence-corrected chi connectivity index (χ1v) is 22.1. The number of phenols is 1. The number of phenolic OH excluding ortho intramolecular Hbond substituents is 1. The Labute approximate surface area is 452 Å². The van der Waals surface area contributed by atoms with Crippen LogP contribution < -0.4 is 0 Å². The van der Waals surface area contributed by atoms with E-state index in [0.29, 0.717) is 33.5 Å². The normalized spacial score (nSPS) is 18.7. The van der Waals surface area contributed by atoms with E-state index in [4.69, 9.17) is 37.4 Å². The first-order valence-electron chi connectivity index (χ1n) is 33.1. The number of benzene rings is 6. The van der Waals surface area contributed by atoms with E-state index in [1.807, 2.05) is 105 Å². The van der Waals surface area contributed by atoms with Gasteiger partial charge in [0.05, 0.1) is 25.0 Å². The number of fused-ring (bicyclic) bond motifs is 1. The van der Waals surface area contributed by atoms with Crippen LogP contribution in [0.15, 0.2) is 134 Å². The molecule has 8 aromatic rings. The summed E-state index contributed by atoms with van der Waals surface area (Å²) in [5.41, 5.74) is -9.06. The van der Waals surface area contributed by atoms with Gasteiger partial charge in [-0.2, -0.15) is 0 Å². The minimum atomic E-state index is -4.45. The van der Waals surface area contributed by atoms with Gasteiger partial charge >= 0.3 is 0 Å². The zero-order valence-electron chi connectivity index (χ0n) is 61.7. The predicted octanol–water partition coefficient (Wildman–Crippen LogP) is 17.0. The minimum Gasteiger partial charge on any atom is -0.507 e. The minimum absolute atomic E-state index is 0. The maximum Gasteiger partial charge on any atom is 0.148 e. The summed E-state index contributed by atoms with van der Waals surface area (Å²) in [6, 6.07) is 33.7. The molecule has 68 heavy (non-hydrogen) atoms. The van der Waals surface area contributed by atoms with E-state index < -0.39 is 115 Å². The van der Waals surface area contributed by atoms with Crippen LogP contribution in [-0.2, 0) is 49.1 Å². The van der Waals surface area contributed by atoms with Crippen LogP contribution >= 0.6 is 0 Å². The molecule has 0 amide bonds. The molecule has 0 spiro atoms. The van der Waals surface area contributed by atoms with Gasteiger partial charge in [0.25, 0.3) is 0 Å². The molecule has 4 nitrogen and oxygen atoms in total.